The van der Waals surface area contributed by atoms with Gasteiger partial charge in [0.05, 0.1) is 4.92 Å². The first-order chi connectivity index (χ1) is 20.6. The molecule has 0 fully saturated rings. The van der Waals surface area contributed by atoms with Crippen LogP contribution in [0.25, 0.3) is 0 Å². The number of nitro groups is 1. The van der Waals surface area contributed by atoms with Crippen molar-refractivity contribution >= 4 is 63.4 Å². The molecule has 1 aliphatic heterocycles. The number of hydrogen-bond acceptors (Lipinski definition) is 6. The topological polar surface area (TPSA) is 119 Å². The Morgan fingerprint density at radius 3 is 1.82 bits per heavy atom. The number of nitrogens with one attached hydrogen (secondary N) is 6. The molecule has 13 heteroatoms. The number of benzene rings is 2. The van der Waals surface area contributed by atoms with Gasteiger partial charge in [-0.15, -0.1) is 0 Å². The van der Waals surface area contributed by atoms with Crippen LogP contribution in [-0.2, 0) is 23.9 Å². The van der Waals surface area contributed by atoms with Crippen molar-refractivity contribution in [3.8, 4) is 0 Å². The molecule has 0 saturated carbocycles. The van der Waals surface area contributed by atoms with Crippen molar-refractivity contribution in [2.45, 2.75) is 65.5 Å². The Morgan fingerprint density at radius 1 is 0.864 bits per heavy atom. The second kappa shape index (κ2) is 15.7. The van der Waals surface area contributed by atoms with Gasteiger partial charge in [-0.05, 0) is 81.9 Å². The molecule has 0 saturated heterocycles. The number of hydrogen-bond donors (Lipinski definition) is 6. The maximum atomic E-state index is 10.9. The Labute approximate surface area is 277 Å². The molecule has 2 bridgehead atoms. The molecule has 0 radical (unpaired) electrons. The summed E-state index contributed by atoms with van der Waals surface area (Å²) in [6.45, 7) is 19.0. The minimum absolute atomic E-state index is 0.0239. The Morgan fingerprint density at radius 2 is 1.36 bits per heavy atom. The molecule has 0 atom stereocenters. The third-order valence-electron chi connectivity index (χ3n) is 7.30. The lowest BCUT2D eigenvalue weighted by Crippen LogP contribution is -2.46. The van der Waals surface area contributed by atoms with Gasteiger partial charge in [-0.1, -0.05) is 53.7 Å². The first kappa shape index (κ1) is 35.4. The quantitative estimate of drug-likeness (QED) is 0.155. The van der Waals surface area contributed by atoms with Crippen LogP contribution in [0.5, 0.6) is 0 Å². The van der Waals surface area contributed by atoms with Gasteiger partial charge in [-0.25, -0.2) is 0 Å². The van der Waals surface area contributed by atoms with E-state index in [1.807, 2.05) is 0 Å². The molecule has 1 heterocycles. The monoisotopic (exact) mass is 658 g/mol. The van der Waals surface area contributed by atoms with Crippen LogP contribution in [0.15, 0.2) is 36.4 Å². The molecular weight excluding hydrogens is 613 g/mol. The van der Waals surface area contributed by atoms with E-state index >= 15 is 0 Å². The Bertz CT molecular complexity index is 1280. The van der Waals surface area contributed by atoms with Crippen molar-refractivity contribution in [3.05, 3.63) is 68.8 Å². The molecule has 44 heavy (non-hydrogen) atoms. The van der Waals surface area contributed by atoms with Crippen molar-refractivity contribution in [2.75, 3.05) is 44.6 Å². The van der Waals surface area contributed by atoms with Crippen LogP contribution in [0.2, 0.25) is 0 Å². The summed E-state index contributed by atoms with van der Waals surface area (Å²) in [4.78, 5) is 12.8. The molecule has 2 aromatic carbocycles. The van der Waals surface area contributed by atoms with E-state index in [-0.39, 0.29) is 16.5 Å². The number of nitro benzene ring substituents is 1. The normalized spacial score (nSPS) is 15.7. The zero-order valence-electron chi connectivity index (χ0n) is 26.6. The van der Waals surface area contributed by atoms with Gasteiger partial charge in [0, 0.05) is 70.2 Å². The molecule has 0 unspecified atom stereocenters. The van der Waals surface area contributed by atoms with Crippen molar-refractivity contribution in [1.82, 2.24) is 31.5 Å². The van der Waals surface area contributed by atoms with E-state index in [1.165, 1.54) is 34.4 Å². The SMILES string of the molecule is CC(C)(C)c1cc(C(C)(C)C)c2cc1CNC(=S)NCCN(CCNC(=S)Nc1ccc([N+](=O)[O-])cc1)CCNC(=S)NC2. The predicted molar refractivity (Wildman–Crippen MR) is 192 cm³/mol. The predicted octanol–water partition coefficient (Wildman–Crippen LogP) is 4.42. The van der Waals surface area contributed by atoms with E-state index in [4.69, 9.17) is 36.7 Å². The van der Waals surface area contributed by atoms with Gasteiger partial charge in [0.2, 0.25) is 0 Å². The van der Waals surface area contributed by atoms with Gasteiger partial charge >= 0.3 is 0 Å². The van der Waals surface area contributed by atoms with E-state index in [2.05, 4.69) is 90.5 Å². The molecule has 0 aliphatic carbocycles. The molecule has 2 aromatic rings. The third kappa shape index (κ3) is 11.1. The van der Waals surface area contributed by atoms with E-state index in [1.54, 1.807) is 12.1 Å². The molecule has 3 rings (SSSR count). The summed E-state index contributed by atoms with van der Waals surface area (Å²) in [5, 5.41) is 32.5. The highest BCUT2D eigenvalue weighted by Crippen LogP contribution is 2.34. The molecule has 0 aromatic heterocycles. The minimum Gasteiger partial charge on any atom is -0.361 e. The highest BCUT2D eigenvalue weighted by atomic mass is 32.1. The molecular formula is C31H46N8O2S3. The number of thiocarbonyl (C=S) groups is 3. The fraction of sp³-hybridized carbons (Fsp3) is 0.516. The zero-order valence-corrected chi connectivity index (χ0v) is 29.0. The van der Waals surface area contributed by atoms with Crippen LogP contribution in [0.1, 0.15) is 63.8 Å². The fourth-order valence-electron chi connectivity index (χ4n) is 5.02. The van der Waals surface area contributed by atoms with Gasteiger partial charge < -0.3 is 31.9 Å². The van der Waals surface area contributed by atoms with Crippen LogP contribution in [0.4, 0.5) is 11.4 Å². The standard InChI is InChI=1S/C31H46N8O2S3/c1-30(2,3)25-18-26(31(4,5)6)22-17-21(25)19-35-27(42)32-11-14-38(15-12-33-28(43)36-20-22)16-13-34-29(44)37-23-7-9-24(10-8-23)39(40)41/h7-10,17-18H,11-16,19-20H2,1-6H3,(H2,32,35,42)(H2,33,36,43)(H2,34,37,44). The van der Waals surface area contributed by atoms with E-state index in [0.29, 0.717) is 53.7 Å². The molecule has 0 amide bonds. The van der Waals surface area contributed by atoms with Crippen molar-refractivity contribution < 1.29 is 4.92 Å². The summed E-state index contributed by atoms with van der Waals surface area (Å²) in [5.74, 6) is 0. The van der Waals surface area contributed by atoms with Crippen molar-refractivity contribution in [1.29, 1.82) is 0 Å². The second-order valence-corrected chi connectivity index (χ2v) is 14.1. The fourth-order valence-corrected chi connectivity index (χ4v) is 5.59. The lowest BCUT2D eigenvalue weighted by molar-refractivity contribution is -0.384. The molecule has 1 aliphatic rings. The number of rotatable bonds is 5. The first-order valence-electron chi connectivity index (χ1n) is 14.9. The smallest absolute Gasteiger partial charge is 0.269 e. The molecule has 0 spiro atoms. The number of nitrogens with zero attached hydrogens (tertiary/aromatic N) is 2. The van der Waals surface area contributed by atoms with Crippen molar-refractivity contribution in [3.63, 3.8) is 0 Å². The van der Waals surface area contributed by atoms with Crippen LogP contribution in [0, 0.1) is 10.1 Å². The van der Waals surface area contributed by atoms with E-state index in [0.717, 1.165) is 19.6 Å². The molecule has 6 N–H and O–H groups in total. The largest absolute Gasteiger partial charge is 0.361 e. The average molecular weight is 659 g/mol. The van der Waals surface area contributed by atoms with Crippen LogP contribution in [-0.4, -0.2) is 64.4 Å². The average Bonchev–Trinajstić information content (AvgIpc) is 2.93. The lowest BCUT2D eigenvalue weighted by atomic mass is 9.76. The summed E-state index contributed by atoms with van der Waals surface area (Å²) in [5.41, 5.74) is 5.74. The maximum Gasteiger partial charge on any atom is 0.269 e. The summed E-state index contributed by atoms with van der Waals surface area (Å²) >= 11 is 16.7. The highest BCUT2D eigenvalue weighted by Gasteiger charge is 2.25. The third-order valence-corrected chi connectivity index (χ3v) is 8.12. The highest BCUT2D eigenvalue weighted by molar-refractivity contribution is 7.80. The Hall–Kier alpha value is -3.13. The Balaban J connectivity index is 1.64. The summed E-state index contributed by atoms with van der Waals surface area (Å²) < 4.78 is 0. The van der Waals surface area contributed by atoms with Gasteiger partial charge in [-0.3, -0.25) is 15.0 Å². The first-order valence-corrected chi connectivity index (χ1v) is 16.1. The van der Waals surface area contributed by atoms with Crippen LogP contribution < -0.4 is 31.9 Å². The molecule has 10 nitrogen and oxygen atoms in total. The second-order valence-electron chi connectivity index (χ2n) is 12.9. The maximum absolute atomic E-state index is 10.9. The Kier molecular flexibility index (Phi) is 12.6. The van der Waals surface area contributed by atoms with Gasteiger partial charge in [0.25, 0.3) is 5.69 Å². The van der Waals surface area contributed by atoms with Crippen LogP contribution in [0.3, 0.4) is 0 Å². The minimum atomic E-state index is -0.428. The summed E-state index contributed by atoms with van der Waals surface area (Å²) in [6, 6.07) is 10.8. The van der Waals surface area contributed by atoms with Crippen LogP contribution >= 0.6 is 36.7 Å². The summed E-state index contributed by atoms with van der Waals surface area (Å²) in [6.07, 6.45) is 0. The van der Waals surface area contributed by atoms with Gasteiger partial charge in [-0.2, -0.15) is 0 Å². The summed E-state index contributed by atoms with van der Waals surface area (Å²) in [7, 11) is 0. The van der Waals surface area contributed by atoms with Gasteiger partial charge in [0.15, 0.2) is 15.3 Å². The zero-order chi connectivity index (χ0) is 32.5. The number of fused-ring (bicyclic) bond motifs is 2. The number of anilines is 1. The molecule has 240 valence electrons. The van der Waals surface area contributed by atoms with Gasteiger partial charge in [0.1, 0.15) is 0 Å². The van der Waals surface area contributed by atoms with E-state index in [9.17, 15) is 10.1 Å². The van der Waals surface area contributed by atoms with Crippen molar-refractivity contribution in [2.24, 2.45) is 0 Å². The number of non-ortho nitro benzene ring substituents is 1. The lowest BCUT2D eigenvalue weighted by Gasteiger charge is -2.31. The van der Waals surface area contributed by atoms with E-state index < -0.39 is 4.92 Å².